The van der Waals surface area contributed by atoms with Gasteiger partial charge in [-0.15, -0.1) is 11.3 Å². The van der Waals surface area contributed by atoms with E-state index >= 15 is 0 Å². The van der Waals surface area contributed by atoms with Gasteiger partial charge in [-0.2, -0.15) is 0 Å². The van der Waals surface area contributed by atoms with Crippen LogP contribution in [0.25, 0.3) is 5.73 Å². The van der Waals surface area contributed by atoms with E-state index in [0.29, 0.717) is 17.8 Å². The Morgan fingerprint density at radius 2 is 2.16 bits per heavy atom. The van der Waals surface area contributed by atoms with Crippen molar-refractivity contribution in [3.05, 3.63) is 54.8 Å². The third-order valence-corrected chi connectivity index (χ3v) is 5.55. The van der Waals surface area contributed by atoms with Crippen molar-refractivity contribution < 1.29 is 37.5 Å². The molecule has 0 atom stereocenters. The van der Waals surface area contributed by atoms with Crippen molar-refractivity contribution in [2.45, 2.75) is 33.1 Å². The molecule has 0 saturated carbocycles. The summed E-state index contributed by atoms with van der Waals surface area (Å²) in [5.41, 5.74) is 10.2. The maximum Gasteiger partial charge on any atom is 0.200 e. The van der Waals surface area contributed by atoms with Crippen LogP contribution in [0.5, 0.6) is 0 Å². The van der Waals surface area contributed by atoms with Gasteiger partial charge >= 0.3 is 0 Å². The number of thiophene rings is 1. The minimum absolute atomic E-state index is 0. The van der Waals surface area contributed by atoms with E-state index in [4.69, 9.17) is 5.73 Å². The summed E-state index contributed by atoms with van der Waals surface area (Å²) in [6.45, 7) is 3.61. The Morgan fingerprint density at radius 3 is 2.80 bits per heavy atom. The van der Waals surface area contributed by atoms with Crippen LogP contribution in [0.3, 0.4) is 0 Å². The monoisotopic (exact) mass is 432 g/mol. The molecule has 0 fully saturated rings. The maximum atomic E-state index is 12.1. The number of fused-ring (bicyclic) bond motifs is 1. The number of allylic oxidation sites excluding steroid dienone is 1. The molecule has 1 radical (unpaired) electrons. The third-order valence-electron chi connectivity index (χ3n) is 4.15. The zero-order chi connectivity index (χ0) is 17.4. The molecule has 3 rings (SSSR count). The largest absolute Gasteiger partial charge is 0.411 e. The molecule has 0 bridgehead atoms. The van der Waals surface area contributed by atoms with Crippen LogP contribution in [0.4, 0.5) is 11.8 Å². The first-order valence-electron chi connectivity index (χ1n) is 7.72. The molecule has 1 aliphatic heterocycles. The quantitative estimate of drug-likeness (QED) is 0.749. The van der Waals surface area contributed by atoms with Crippen LogP contribution in [0, 0.1) is 6.92 Å². The third kappa shape index (κ3) is 4.27. The van der Waals surface area contributed by atoms with E-state index in [1.165, 1.54) is 4.88 Å². The fourth-order valence-corrected chi connectivity index (χ4v) is 3.98. The minimum atomic E-state index is -0.242. The Labute approximate surface area is 175 Å². The molecule has 2 N–H and O–H groups in total. The maximum absolute atomic E-state index is 12.1. The fourth-order valence-electron chi connectivity index (χ4n) is 2.91. The van der Waals surface area contributed by atoms with Crippen molar-refractivity contribution >= 4 is 28.9 Å². The fraction of sp³-hybridized carbons (Fsp3) is 0.353. The molecule has 0 saturated heterocycles. The van der Waals surface area contributed by atoms with E-state index in [2.05, 4.69) is 9.97 Å². The van der Waals surface area contributed by atoms with E-state index in [0.717, 1.165) is 28.9 Å². The summed E-state index contributed by atoms with van der Waals surface area (Å²) in [5.74, 6) is 0.538. The predicted molar refractivity (Wildman–Crippen MR) is 96.4 cm³/mol. The average molecular weight is 432 g/mol. The van der Waals surface area contributed by atoms with Crippen molar-refractivity contribution in [1.82, 2.24) is 9.97 Å². The Morgan fingerprint density at radius 1 is 1.44 bits per heavy atom. The number of hydrogen-bond donors (Lipinski definition) is 1. The Bertz CT molecular complexity index is 901. The first-order chi connectivity index (χ1) is 11.3. The summed E-state index contributed by atoms with van der Waals surface area (Å²) < 4.78 is 0. The van der Waals surface area contributed by atoms with Crippen LogP contribution in [0.15, 0.2) is 22.6 Å². The van der Waals surface area contributed by atoms with Crippen LogP contribution in [-0.2, 0) is 45.6 Å². The van der Waals surface area contributed by atoms with Crippen LogP contribution in [0.2, 0.25) is 0 Å². The van der Waals surface area contributed by atoms with Crippen LogP contribution < -0.4 is 10.5 Å². The number of aromatic amines is 1. The molecular formula is C17H19N4O2SY-. The SMILES string of the molecule is CC(=O)c1cc(C)c(CCC2=CN(C)c3nc([NH-])[nH]c(=O)c3C2)s1.[Y]. The summed E-state index contributed by atoms with van der Waals surface area (Å²) in [4.78, 5) is 33.9. The van der Waals surface area contributed by atoms with Crippen molar-refractivity contribution in [2.75, 3.05) is 11.9 Å². The molecule has 3 heterocycles. The van der Waals surface area contributed by atoms with Gasteiger partial charge in [0.2, 0.25) is 0 Å². The molecule has 6 nitrogen and oxygen atoms in total. The zero-order valence-corrected chi connectivity index (χ0v) is 18.1. The van der Waals surface area contributed by atoms with Gasteiger partial charge < -0.3 is 20.6 Å². The second-order valence-electron chi connectivity index (χ2n) is 6.06. The number of aryl methyl sites for hydroxylation is 2. The zero-order valence-electron chi connectivity index (χ0n) is 14.5. The van der Waals surface area contributed by atoms with Gasteiger partial charge in [0.15, 0.2) is 11.3 Å². The number of ketones is 1. The number of anilines is 1. The van der Waals surface area contributed by atoms with E-state index in [1.807, 2.05) is 31.1 Å². The standard InChI is InChI=1S/C17H20N4O2S.Y/c1-9-6-14(10(2)22)24-13(9)5-4-11-7-12-15(21(3)8-11)19-17(18)20-16(12)23;/h6,8H,4-5,7H2,1-3H3,(H3,18,19,20,23);/p-1. The summed E-state index contributed by atoms with van der Waals surface area (Å²) >= 11 is 1.55. The van der Waals surface area contributed by atoms with Gasteiger partial charge in [0.25, 0.3) is 0 Å². The number of nitrogens with zero attached hydrogens (tertiary/aromatic N) is 2. The van der Waals surface area contributed by atoms with Gasteiger partial charge in [-0.25, -0.2) is 0 Å². The van der Waals surface area contributed by atoms with Crippen molar-refractivity contribution in [3.63, 3.8) is 0 Å². The molecule has 0 amide bonds. The number of aromatic nitrogens is 2. The van der Waals surface area contributed by atoms with Gasteiger partial charge in [-0.1, -0.05) is 0 Å². The van der Waals surface area contributed by atoms with Crippen molar-refractivity contribution in [2.24, 2.45) is 0 Å². The number of carbonyl (C=O) groups excluding carboxylic acids is 1. The van der Waals surface area contributed by atoms with Crippen LogP contribution in [0.1, 0.15) is 39.0 Å². The molecule has 25 heavy (non-hydrogen) atoms. The van der Waals surface area contributed by atoms with Gasteiger partial charge in [-0.05, 0) is 43.9 Å². The number of carbonyl (C=O) groups is 1. The van der Waals surface area contributed by atoms with Gasteiger partial charge in [-0.3, -0.25) is 9.59 Å². The molecule has 1 aliphatic rings. The van der Waals surface area contributed by atoms with Gasteiger partial charge in [0.1, 0.15) is 0 Å². The van der Waals surface area contributed by atoms with Gasteiger partial charge in [0, 0.05) is 68.8 Å². The molecule has 8 heteroatoms. The predicted octanol–water partition coefficient (Wildman–Crippen LogP) is 3.53. The second-order valence-corrected chi connectivity index (χ2v) is 7.20. The molecule has 0 unspecified atom stereocenters. The first-order valence-corrected chi connectivity index (χ1v) is 8.54. The molecular weight excluding hydrogens is 413 g/mol. The number of rotatable bonds is 4. The smallest absolute Gasteiger partial charge is 0.200 e. The summed E-state index contributed by atoms with van der Waals surface area (Å²) in [5, 5.41) is 0. The topological polar surface area (TPSA) is 89.9 Å². The summed E-state index contributed by atoms with van der Waals surface area (Å²) in [7, 11) is 1.84. The first kappa shape index (κ1) is 20.0. The van der Waals surface area contributed by atoms with E-state index < -0.39 is 0 Å². The average Bonchev–Trinajstić information content (AvgIpc) is 2.88. The molecule has 129 valence electrons. The molecule has 0 aromatic carbocycles. The normalized spacial score (nSPS) is 13.1. The molecule has 0 aliphatic carbocycles. The number of hydrogen-bond acceptors (Lipinski definition) is 5. The van der Waals surface area contributed by atoms with Crippen molar-refractivity contribution in [1.29, 1.82) is 0 Å². The number of nitrogens with one attached hydrogen (secondary N) is 2. The van der Waals surface area contributed by atoms with Crippen LogP contribution in [-0.4, -0.2) is 22.8 Å². The van der Waals surface area contributed by atoms with E-state index in [1.54, 1.807) is 18.3 Å². The Balaban J connectivity index is 0.00000225. The summed E-state index contributed by atoms with van der Waals surface area (Å²) in [6, 6.07) is 1.95. The van der Waals surface area contributed by atoms with E-state index in [-0.39, 0.29) is 50.0 Å². The second kappa shape index (κ2) is 7.93. The summed E-state index contributed by atoms with van der Waals surface area (Å²) in [6.07, 6.45) is 4.21. The molecule has 0 spiro atoms. The van der Waals surface area contributed by atoms with Crippen molar-refractivity contribution in [3.8, 4) is 0 Å². The van der Waals surface area contributed by atoms with Crippen LogP contribution >= 0.6 is 11.3 Å². The van der Waals surface area contributed by atoms with E-state index in [9.17, 15) is 9.59 Å². The number of H-pyrrole nitrogens is 1. The number of Topliss-reactive ketones (excluding diaryl/α,β-unsaturated/α-hetero) is 1. The minimum Gasteiger partial charge on any atom is -0.411 e. The molecule has 2 aromatic heterocycles. The van der Waals surface area contributed by atoms with Gasteiger partial charge in [0.05, 0.1) is 10.7 Å². The Hall–Kier alpha value is -1.31. The molecule has 2 aromatic rings. The Kier molecular flexibility index (Phi) is 6.35.